The first-order valence-corrected chi connectivity index (χ1v) is 10.2. The predicted molar refractivity (Wildman–Crippen MR) is 106 cm³/mol. The number of benzene rings is 1. The third kappa shape index (κ3) is 4.39. The fourth-order valence-corrected chi connectivity index (χ4v) is 4.58. The normalized spacial score (nSPS) is 23.8. The summed E-state index contributed by atoms with van der Waals surface area (Å²) >= 11 is 5.90. The molecule has 0 aliphatic carbocycles. The number of rotatable bonds is 5. The minimum absolute atomic E-state index is 0.0170. The highest BCUT2D eigenvalue weighted by Crippen LogP contribution is 2.37. The van der Waals surface area contributed by atoms with Gasteiger partial charge in [0.05, 0.1) is 12.5 Å². The first-order chi connectivity index (χ1) is 13.6. The number of hydrogen-bond donors (Lipinski definition) is 1. The number of ether oxygens (including phenoxy) is 1. The molecule has 8 heteroatoms. The number of nitrogens with one attached hydrogen (secondary N) is 1. The van der Waals surface area contributed by atoms with Crippen molar-refractivity contribution in [1.82, 2.24) is 10.2 Å². The van der Waals surface area contributed by atoms with Crippen LogP contribution in [0.4, 0.5) is 4.39 Å². The summed E-state index contributed by atoms with van der Waals surface area (Å²) in [6.07, 6.45) is 1.87. The maximum atomic E-state index is 14.0. The van der Waals surface area contributed by atoms with Crippen molar-refractivity contribution in [3.8, 4) is 5.75 Å². The maximum Gasteiger partial charge on any atom is 0.233 e. The number of likely N-dealkylation sites (tertiary alicyclic amines) is 1. The topological polar surface area (TPSA) is 75.7 Å². The van der Waals surface area contributed by atoms with Crippen LogP contribution in [0.25, 0.3) is 0 Å². The van der Waals surface area contributed by atoms with Crippen LogP contribution in [0.2, 0.25) is 5.02 Å². The molecule has 2 saturated heterocycles. The van der Waals surface area contributed by atoms with Crippen LogP contribution in [0.15, 0.2) is 12.1 Å². The maximum absolute atomic E-state index is 14.0. The third-order valence-electron chi connectivity index (χ3n) is 6.05. The standard InChI is InChI=1S/C21H26ClFN2O4/c1-12(10-21(2)11-17(26)24-20(21)28)19(27)25-6-4-13(5-7-25)14-8-15(23)18(22)16(9-14)29-3/h8-9,12-13H,4-7,10-11H2,1-3H3,(H,24,26,28)/t12-,21-/m0/s1. The zero-order valence-electron chi connectivity index (χ0n) is 16.9. The largest absolute Gasteiger partial charge is 0.495 e. The molecule has 2 atom stereocenters. The average molecular weight is 425 g/mol. The van der Waals surface area contributed by atoms with Crippen LogP contribution in [0.1, 0.15) is 51.0 Å². The van der Waals surface area contributed by atoms with E-state index < -0.39 is 11.2 Å². The summed E-state index contributed by atoms with van der Waals surface area (Å²) in [5, 5.41) is 2.29. The number of halogens is 2. The zero-order valence-corrected chi connectivity index (χ0v) is 17.6. The van der Waals surface area contributed by atoms with Crippen molar-refractivity contribution in [3.05, 3.63) is 28.5 Å². The Balaban J connectivity index is 1.60. The van der Waals surface area contributed by atoms with Crippen LogP contribution in [-0.4, -0.2) is 42.8 Å². The SMILES string of the molecule is COc1cc(C2CCN(C(=O)[C@@H](C)C[C@@]3(C)CC(=O)NC3=O)CC2)cc(F)c1Cl. The van der Waals surface area contributed by atoms with Crippen molar-refractivity contribution in [2.45, 2.75) is 45.4 Å². The zero-order chi connectivity index (χ0) is 21.3. The fraction of sp³-hybridized carbons (Fsp3) is 0.571. The van der Waals surface area contributed by atoms with Crippen LogP contribution in [0.3, 0.4) is 0 Å². The van der Waals surface area contributed by atoms with Gasteiger partial charge in [0.2, 0.25) is 17.7 Å². The second-order valence-corrected chi connectivity index (χ2v) is 8.72. The number of amides is 3. The third-order valence-corrected chi connectivity index (χ3v) is 6.41. The van der Waals surface area contributed by atoms with Crippen molar-refractivity contribution in [2.24, 2.45) is 11.3 Å². The number of carbonyl (C=O) groups excluding carboxylic acids is 3. The molecule has 2 aliphatic rings. The van der Waals surface area contributed by atoms with Crippen molar-refractivity contribution in [1.29, 1.82) is 0 Å². The van der Waals surface area contributed by atoms with E-state index in [1.807, 2.05) is 0 Å². The Morgan fingerprint density at radius 2 is 2.03 bits per heavy atom. The Kier molecular flexibility index (Phi) is 6.17. The predicted octanol–water partition coefficient (Wildman–Crippen LogP) is 3.27. The summed E-state index contributed by atoms with van der Waals surface area (Å²) in [5.41, 5.74) is -0.0143. The van der Waals surface area contributed by atoms with Gasteiger partial charge in [-0.1, -0.05) is 25.4 Å². The lowest BCUT2D eigenvalue weighted by atomic mass is 9.79. The van der Waals surface area contributed by atoms with E-state index in [9.17, 15) is 18.8 Å². The summed E-state index contributed by atoms with van der Waals surface area (Å²) < 4.78 is 19.2. The van der Waals surface area contributed by atoms with Gasteiger partial charge in [0.1, 0.15) is 16.6 Å². The molecule has 1 aromatic rings. The number of methoxy groups -OCH3 is 1. The van der Waals surface area contributed by atoms with E-state index in [0.717, 1.165) is 5.56 Å². The highest BCUT2D eigenvalue weighted by atomic mass is 35.5. The number of hydrogen-bond acceptors (Lipinski definition) is 4. The van der Waals surface area contributed by atoms with Crippen molar-refractivity contribution in [2.75, 3.05) is 20.2 Å². The Morgan fingerprint density at radius 1 is 1.38 bits per heavy atom. The molecule has 158 valence electrons. The van der Waals surface area contributed by atoms with Gasteiger partial charge in [-0.15, -0.1) is 0 Å². The van der Waals surface area contributed by atoms with E-state index in [1.165, 1.54) is 13.2 Å². The summed E-state index contributed by atoms with van der Waals surface area (Å²) in [6, 6.07) is 3.19. The van der Waals surface area contributed by atoms with E-state index in [2.05, 4.69) is 5.32 Å². The molecule has 0 aromatic heterocycles. The Bertz CT molecular complexity index is 838. The van der Waals surface area contributed by atoms with E-state index in [0.29, 0.717) is 38.1 Å². The lowest BCUT2D eigenvalue weighted by Crippen LogP contribution is -2.42. The Hall–Kier alpha value is -2.15. The van der Waals surface area contributed by atoms with Crippen LogP contribution >= 0.6 is 11.6 Å². The quantitative estimate of drug-likeness (QED) is 0.736. The molecule has 0 spiro atoms. The molecule has 0 bridgehead atoms. The molecule has 2 heterocycles. The Labute approximate surface area is 174 Å². The highest BCUT2D eigenvalue weighted by Gasteiger charge is 2.44. The summed E-state index contributed by atoms with van der Waals surface area (Å²) in [6.45, 7) is 4.64. The van der Waals surface area contributed by atoms with Gasteiger partial charge in [0.25, 0.3) is 0 Å². The molecule has 3 rings (SSSR count). The van der Waals surface area contributed by atoms with Gasteiger partial charge in [-0.3, -0.25) is 19.7 Å². The van der Waals surface area contributed by atoms with Gasteiger partial charge in [-0.2, -0.15) is 0 Å². The molecule has 1 aromatic carbocycles. The molecule has 2 fully saturated rings. The molecular weight excluding hydrogens is 399 g/mol. The van der Waals surface area contributed by atoms with Crippen LogP contribution < -0.4 is 10.1 Å². The molecule has 0 unspecified atom stereocenters. The second kappa shape index (κ2) is 8.30. The van der Waals surface area contributed by atoms with Crippen molar-refractivity contribution in [3.63, 3.8) is 0 Å². The van der Waals surface area contributed by atoms with E-state index in [1.54, 1.807) is 24.8 Å². The minimum Gasteiger partial charge on any atom is -0.495 e. The van der Waals surface area contributed by atoms with Crippen molar-refractivity contribution >= 4 is 29.3 Å². The average Bonchev–Trinajstić information content (AvgIpc) is 2.94. The van der Waals surface area contributed by atoms with E-state index in [-0.39, 0.29) is 41.0 Å². The monoisotopic (exact) mass is 424 g/mol. The van der Waals surface area contributed by atoms with Gasteiger partial charge in [0, 0.05) is 25.4 Å². The molecule has 0 radical (unpaired) electrons. The second-order valence-electron chi connectivity index (χ2n) is 8.34. The van der Waals surface area contributed by atoms with Gasteiger partial charge < -0.3 is 9.64 Å². The van der Waals surface area contributed by atoms with Gasteiger partial charge in [-0.05, 0) is 42.9 Å². The number of imide groups is 1. The van der Waals surface area contributed by atoms with Crippen LogP contribution in [0, 0.1) is 17.2 Å². The molecule has 2 aliphatic heterocycles. The van der Waals surface area contributed by atoms with Gasteiger partial charge in [-0.25, -0.2) is 4.39 Å². The highest BCUT2D eigenvalue weighted by molar-refractivity contribution is 6.32. The fourth-order valence-electron chi connectivity index (χ4n) is 4.40. The number of nitrogens with zero attached hydrogens (tertiary/aromatic N) is 1. The molecular formula is C21H26ClFN2O4. The van der Waals surface area contributed by atoms with E-state index in [4.69, 9.17) is 16.3 Å². The van der Waals surface area contributed by atoms with Crippen LogP contribution in [-0.2, 0) is 14.4 Å². The first kappa shape index (κ1) is 21.6. The number of carbonyl (C=O) groups is 3. The molecule has 0 saturated carbocycles. The summed E-state index contributed by atoms with van der Waals surface area (Å²) in [7, 11) is 1.45. The van der Waals surface area contributed by atoms with E-state index >= 15 is 0 Å². The van der Waals surface area contributed by atoms with Gasteiger partial charge >= 0.3 is 0 Å². The van der Waals surface area contributed by atoms with Crippen molar-refractivity contribution < 1.29 is 23.5 Å². The molecule has 1 N–H and O–H groups in total. The lowest BCUT2D eigenvalue weighted by molar-refractivity contribution is -0.138. The minimum atomic E-state index is -0.831. The molecule has 3 amide bonds. The first-order valence-electron chi connectivity index (χ1n) is 9.80. The smallest absolute Gasteiger partial charge is 0.233 e. The lowest BCUT2D eigenvalue weighted by Gasteiger charge is -2.35. The Morgan fingerprint density at radius 3 is 2.59 bits per heavy atom. The van der Waals surface area contributed by atoms with Gasteiger partial charge in [0.15, 0.2) is 0 Å². The van der Waals surface area contributed by atoms with Crippen LogP contribution in [0.5, 0.6) is 5.75 Å². The molecule has 6 nitrogen and oxygen atoms in total. The number of piperidine rings is 1. The molecule has 29 heavy (non-hydrogen) atoms. The summed E-state index contributed by atoms with van der Waals surface area (Å²) in [4.78, 5) is 38.2. The summed E-state index contributed by atoms with van der Waals surface area (Å²) in [5.74, 6) is -1.05.